The minimum absolute atomic E-state index is 0.0341. The fourth-order valence-corrected chi connectivity index (χ4v) is 2.46. The predicted octanol–water partition coefficient (Wildman–Crippen LogP) is 1.44. The van der Waals surface area contributed by atoms with E-state index in [4.69, 9.17) is 9.47 Å². The monoisotopic (exact) mass is 319 g/mol. The highest BCUT2D eigenvalue weighted by molar-refractivity contribution is 6.01. The first-order chi connectivity index (χ1) is 11.1. The Labute approximate surface area is 135 Å². The molecule has 6 heteroatoms. The number of esters is 1. The topological polar surface area (TPSA) is 72.9 Å². The first-order valence-electron chi connectivity index (χ1n) is 7.76. The molecule has 1 atom stereocenters. The zero-order valence-corrected chi connectivity index (χ0v) is 13.2. The van der Waals surface area contributed by atoms with Crippen molar-refractivity contribution in [2.75, 3.05) is 26.3 Å². The number of amides is 1. The number of para-hydroxylation sites is 1. The summed E-state index contributed by atoms with van der Waals surface area (Å²) in [4.78, 5) is 37.2. The highest BCUT2D eigenvalue weighted by atomic mass is 16.5. The number of piperidine rings is 1. The van der Waals surface area contributed by atoms with Crippen molar-refractivity contribution in [1.29, 1.82) is 0 Å². The van der Waals surface area contributed by atoms with Crippen LogP contribution in [0.1, 0.15) is 19.8 Å². The van der Waals surface area contributed by atoms with Crippen LogP contribution in [0.25, 0.3) is 0 Å². The summed E-state index contributed by atoms with van der Waals surface area (Å²) in [6.45, 7) is 2.57. The normalized spacial score (nSPS) is 17.7. The third-order valence-corrected chi connectivity index (χ3v) is 3.67. The number of ether oxygens (including phenoxy) is 2. The molecule has 6 nitrogen and oxygen atoms in total. The van der Waals surface area contributed by atoms with Gasteiger partial charge in [-0.25, -0.2) is 0 Å². The number of hydrogen-bond acceptors (Lipinski definition) is 5. The molecule has 1 saturated heterocycles. The van der Waals surface area contributed by atoms with Crippen LogP contribution in [0.15, 0.2) is 30.3 Å². The van der Waals surface area contributed by atoms with E-state index >= 15 is 0 Å². The van der Waals surface area contributed by atoms with Crippen LogP contribution in [0.5, 0.6) is 5.75 Å². The number of carbonyl (C=O) groups is 3. The maximum Gasteiger partial charge on any atom is 0.316 e. The molecule has 1 heterocycles. The molecule has 1 unspecified atom stereocenters. The summed E-state index contributed by atoms with van der Waals surface area (Å²) in [7, 11) is 0. The lowest BCUT2D eigenvalue weighted by molar-refractivity contribution is -0.156. The molecule has 23 heavy (non-hydrogen) atoms. The van der Waals surface area contributed by atoms with Gasteiger partial charge in [-0.15, -0.1) is 0 Å². The molecular formula is C17H21NO5. The fourth-order valence-electron chi connectivity index (χ4n) is 2.46. The highest BCUT2D eigenvalue weighted by Gasteiger charge is 2.34. The van der Waals surface area contributed by atoms with Crippen LogP contribution in [0.2, 0.25) is 0 Å². The number of nitrogens with zero attached hydrogens (tertiary/aromatic N) is 1. The quantitative estimate of drug-likeness (QED) is 0.586. The van der Waals surface area contributed by atoms with Gasteiger partial charge in [-0.3, -0.25) is 14.4 Å². The van der Waals surface area contributed by atoms with Crippen LogP contribution < -0.4 is 4.74 Å². The van der Waals surface area contributed by atoms with Crippen molar-refractivity contribution in [2.45, 2.75) is 19.8 Å². The van der Waals surface area contributed by atoms with Gasteiger partial charge in [0.2, 0.25) is 5.91 Å². The van der Waals surface area contributed by atoms with E-state index in [1.165, 1.54) is 4.90 Å². The average molecular weight is 319 g/mol. The number of likely N-dealkylation sites (tertiary alicyclic amines) is 1. The lowest BCUT2D eigenvalue weighted by atomic mass is 9.95. The SMILES string of the molecule is CCOC(=O)C1CCN(C(=O)CCOc2ccccc2)CC1=O. The Morgan fingerprint density at radius 1 is 1.26 bits per heavy atom. The molecule has 0 aromatic heterocycles. The molecule has 1 aromatic rings. The fraction of sp³-hybridized carbons (Fsp3) is 0.471. The van der Waals surface area contributed by atoms with Crippen LogP contribution in [-0.2, 0) is 19.1 Å². The Balaban J connectivity index is 1.76. The summed E-state index contributed by atoms with van der Waals surface area (Å²) in [6.07, 6.45) is 0.523. The van der Waals surface area contributed by atoms with E-state index in [0.717, 1.165) is 0 Å². The lowest BCUT2D eigenvalue weighted by Crippen LogP contribution is -2.47. The molecule has 0 bridgehead atoms. The standard InChI is InChI=1S/C17H21NO5/c1-2-22-17(21)14-8-10-18(12-15(14)19)16(20)9-11-23-13-6-4-3-5-7-13/h3-7,14H,2,8-12H2,1H3. The molecule has 1 amide bonds. The van der Waals surface area contributed by atoms with E-state index in [1.54, 1.807) is 6.92 Å². The third-order valence-electron chi connectivity index (χ3n) is 3.67. The molecule has 2 rings (SSSR count). The second-order valence-corrected chi connectivity index (χ2v) is 5.29. The van der Waals surface area contributed by atoms with E-state index in [0.29, 0.717) is 18.7 Å². The van der Waals surface area contributed by atoms with Crippen molar-refractivity contribution in [1.82, 2.24) is 4.90 Å². The molecule has 1 aliphatic rings. The number of Topliss-reactive ketones (excluding diaryl/α,β-unsaturated/α-hetero) is 1. The molecule has 124 valence electrons. The summed E-state index contributed by atoms with van der Waals surface area (Å²) in [5.74, 6) is -0.919. The van der Waals surface area contributed by atoms with Gasteiger partial charge >= 0.3 is 5.97 Å². The molecule has 0 saturated carbocycles. The van der Waals surface area contributed by atoms with Gasteiger partial charge in [0.05, 0.1) is 26.2 Å². The van der Waals surface area contributed by atoms with Crippen LogP contribution in [-0.4, -0.2) is 48.9 Å². The van der Waals surface area contributed by atoms with E-state index in [1.807, 2.05) is 30.3 Å². The smallest absolute Gasteiger partial charge is 0.316 e. The van der Waals surface area contributed by atoms with Crippen molar-refractivity contribution in [3.63, 3.8) is 0 Å². The van der Waals surface area contributed by atoms with Crippen LogP contribution in [0.4, 0.5) is 0 Å². The Morgan fingerprint density at radius 2 is 2.00 bits per heavy atom. The van der Waals surface area contributed by atoms with Gasteiger partial charge in [-0.2, -0.15) is 0 Å². The maximum atomic E-state index is 12.1. The van der Waals surface area contributed by atoms with Crippen molar-refractivity contribution < 1.29 is 23.9 Å². The lowest BCUT2D eigenvalue weighted by Gasteiger charge is -2.29. The molecule has 0 spiro atoms. The Morgan fingerprint density at radius 3 is 2.65 bits per heavy atom. The van der Waals surface area contributed by atoms with Crippen LogP contribution in [0, 0.1) is 5.92 Å². The minimum Gasteiger partial charge on any atom is -0.493 e. The summed E-state index contributed by atoms with van der Waals surface area (Å²) in [5.41, 5.74) is 0. The van der Waals surface area contributed by atoms with Gasteiger partial charge in [0.1, 0.15) is 11.7 Å². The van der Waals surface area contributed by atoms with Crippen molar-refractivity contribution in [2.24, 2.45) is 5.92 Å². The second kappa shape index (κ2) is 8.31. The van der Waals surface area contributed by atoms with Gasteiger partial charge in [0.15, 0.2) is 5.78 Å². The predicted molar refractivity (Wildman–Crippen MR) is 82.9 cm³/mol. The number of ketones is 1. The summed E-state index contributed by atoms with van der Waals surface area (Å²) >= 11 is 0. The van der Waals surface area contributed by atoms with Gasteiger partial charge in [-0.05, 0) is 25.5 Å². The zero-order chi connectivity index (χ0) is 16.7. The van der Waals surface area contributed by atoms with Crippen molar-refractivity contribution in [3.8, 4) is 5.75 Å². The van der Waals surface area contributed by atoms with Crippen molar-refractivity contribution in [3.05, 3.63) is 30.3 Å². The number of benzene rings is 1. The van der Waals surface area contributed by atoms with Gasteiger partial charge in [-0.1, -0.05) is 18.2 Å². The van der Waals surface area contributed by atoms with Crippen LogP contribution >= 0.6 is 0 Å². The Bertz CT molecular complexity index is 557. The molecule has 0 radical (unpaired) electrons. The van der Waals surface area contributed by atoms with E-state index in [9.17, 15) is 14.4 Å². The molecular weight excluding hydrogens is 298 g/mol. The maximum absolute atomic E-state index is 12.1. The summed E-state index contributed by atoms with van der Waals surface area (Å²) < 4.78 is 10.4. The highest BCUT2D eigenvalue weighted by Crippen LogP contribution is 2.17. The van der Waals surface area contributed by atoms with E-state index in [2.05, 4.69) is 0 Å². The largest absolute Gasteiger partial charge is 0.493 e. The van der Waals surface area contributed by atoms with E-state index < -0.39 is 11.9 Å². The third kappa shape index (κ3) is 4.81. The molecule has 1 aromatic carbocycles. The van der Waals surface area contributed by atoms with Gasteiger partial charge < -0.3 is 14.4 Å². The molecule has 0 aliphatic carbocycles. The number of rotatable bonds is 6. The first-order valence-corrected chi connectivity index (χ1v) is 7.76. The van der Waals surface area contributed by atoms with Crippen LogP contribution in [0.3, 0.4) is 0 Å². The Hall–Kier alpha value is -2.37. The van der Waals surface area contributed by atoms with Crippen molar-refractivity contribution >= 4 is 17.7 Å². The first kappa shape index (κ1) is 17.0. The summed E-state index contributed by atoms with van der Waals surface area (Å²) in [6, 6.07) is 9.24. The minimum atomic E-state index is -0.737. The summed E-state index contributed by atoms with van der Waals surface area (Å²) in [5, 5.41) is 0. The molecule has 1 aliphatic heterocycles. The second-order valence-electron chi connectivity index (χ2n) is 5.29. The molecule has 0 N–H and O–H groups in total. The van der Waals surface area contributed by atoms with E-state index in [-0.39, 0.29) is 37.9 Å². The van der Waals surface area contributed by atoms with Gasteiger partial charge in [0, 0.05) is 6.54 Å². The number of hydrogen-bond donors (Lipinski definition) is 0. The number of carbonyl (C=O) groups excluding carboxylic acids is 3. The average Bonchev–Trinajstić information content (AvgIpc) is 2.55. The zero-order valence-electron chi connectivity index (χ0n) is 13.2. The van der Waals surface area contributed by atoms with Gasteiger partial charge in [0.25, 0.3) is 0 Å². The molecule has 1 fully saturated rings. The Kier molecular flexibility index (Phi) is 6.14.